The maximum Gasteiger partial charge on any atom is 0.320 e. The summed E-state index contributed by atoms with van der Waals surface area (Å²) in [7, 11) is 0. The monoisotopic (exact) mass is 281 g/mol. The van der Waals surface area contributed by atoms with Crippen molar-refractivity contribution in [3.8, 4) is 0 Å². The Hall–Kier alpha value is -0.560. The van der Waals surface area contributed by atoms with Crippen LogP contribution >= 0.6 is 22.6 Å². The van der Waals surface area contributed by atoms with E-state index in [9.17, 15) is 4.79 Å². The summed E-state index contributed by atoms with van der Waals surface area (Å²) in [6.45, 7) is 0. The summed E-state index contributed by atoms with van der Waals surface area (Å²) in [4.78, 5) is 10.3. The van der Waals surface area contributed by atoms with Gasteiger partial charge in [0.25, 0.3) is 0 Å². The molecular weight excluding hydrogens is 273 g/mol. The van der Waals surface area contributed by atoms with Crippen LogP contribution < -0.4 is 5.73 Å². The molecule has 0 spiro atoms. The van der Waals surface area contributed by atoms with Gasteiger partial charge >= 0.3 is 5.97 Å². The average molecular weight is 281 g/mol. The third kappa shape index (κ3) is 2.49. The number of furan rings is 1. The lowest BCUT2D eigenvalue weighted by Gasteiger charge is -2.01. The Morgan fingerprint density at radius 2 is 2.42 bits per heavy atom. The van der Waals surface area contributed by atoms with E-state index in [4.69, 9.17) is 15.3 Å². The van der Waals surface area contributed by atoms with Gasteiger partial charge < -0.3 is 15.3 Å². The summed E-state index contributed by atoms with van der Waals surface area (Å²) in [5.41, 5.74) is 5.30. The molecule has 1 unspecified atom stereocenters. The summed E-state index contributed by atoms with van der Waals surface area (Å²) in [5.74, 6) is -0.407. The van der Waals surface area contributed by atoms with Gasteiger partial charge in [-0.05, 0) is 34.7 Å². The number of carboxylic acid groups (broad SMARTS) is 1. The molecule has 66 valence electrons. The zero-order chi connectivity index (χ0) is 9.14. The molecule has 0 saturated heterocycles. The van der Waals surface area contributed by atoms with Gasteiger partial charge in [0.15, 0.2) is 3.77 Å². The minimum Gasteiger partial charge on any atom is -0.480 e. The molecule has 12 heavy (non-hydrogen) atoms. The number of hydrogen-bond acceptors (Lipinski definition) is 3. The zero-order valence-electron chi connectivity index (χ0n) is 6.16. The van der Waals surface area contributed by atoms with Crippen molar-refractivity contribution in [1.29, 1.82) is 0 Å². The van der Waals surface area contributed by atoms with Gasteiger partial charge in [-0.1, -0.05) is 0 Å². The molecule has 1 rings (SSSR count). The molecule has 0 radical (unpaired) electrons. The molecular formula is C7H8INO3. The number of nitrogens with two attached hydrogens (primary N) is 1. The molecule has 0 aliphatic carbocycles. The second-order valence-electron chi connectivity index (χ2n) is 2.35. The number of aliphatic carboxylic acids is 1. The van der Waals surface area contributed by atoms with E-state index >= 15 is 0 Å². The van der Waals surface area contributed by atoms with E-state index in [-0.39, 0.29) is 6.42 Å². The molecule has 4 nitrogen and oxygen atoms in total. The molecule has 0 bridgehead atoms. The Bertz CT molecular complexity index is 284. The predicted molar refractivity (Wildman–Crippen MR) is 50.7 cm³/mol. The third-order valence-corrected chi connectivity index (χ3v) is 1.95. The Kier molecular flexibility index (Phi) is 3.10. The lowest BCUT2D eigenvalue weighted by atomic mass is 10.2. The Morgan fingerprint density at radius 1 is 1.75 bits per heavy atom. The van der Waals surface area contributed by atoms with E-state index in [0.29, 0.717) is 5.76 Å². The number of halogens is 1. The van der Waals surface area contributed by atoms with E-state index in [1.165, 1.54) is 0 Å². The normalized spacial score (nSPS) is 12.8. The number of carbonyl (C=O) groups is 1. The molecule has 0 aliphatic heterocycles. The Labute approximate surface area is 82.9 Å². The van der Waals surface area contributed by atoms with Crippen molar-refractivity contribution < 1.29 is 14.3 Å². The SMILES string of the molecule is NC(Cc1ccc(I)o1)C(=O)O. The summed E-state index contributed by atoms with van der Waals surface area (Å²) in [5, 5.41) is 8.48. The van der Waals surface area contributed by atoms with E-state index in [1.807, 2.05) is 22.6 Å². The molecule has 3 N–H and O–H groups in total. The fourth-order valence-corrected chi connectivity index (χ4v) is 1.23. The van der Waals surface area contributed by atoms with E-state index < -0.39 is 12.0 Å². The molecule has 0 aliphatic rings. The number of hydrogen-bond donors (Lipinski definition) is 2. The van der Waals surface area contributed by atoms with Crippen LogP contribution in [0.4, 0.5) is 0 Å². The van der Waals surface area contributed by atoms with Gasteiger partial charge in [0, 0.05) is 6.42 Å². The zero-order valence-corrected chi connectivity index (χ0v) is 8.32. The van der Waals surface area contributed by atoms with Crippen molar-refractivity contribution in [3.63, 3.8) is 0 Å². The van der Waals surface area contributed by atoms with Gasteiger partial charge in [0.1, 0.15) is 11.8 Å². The highest BCUT2D eigenvalue weighted by Gasteiger charge is 2.13. The molecule has 0 saturated carbocycles. The Morgan fingerprint density at radius 3 is 2.83 bits per heavy atom. The van der Waals surface area contributed by atoms with Gasteiger partial charge in [-0.2, -0.15) is 0 Å². The van der Waals surface area contributed by atoms with Crippen LogP contribution in [0, 0.1) is 3.77 Å². The van der Waals surface area contributed by atoms with E-state index in [0.717, 1.165) is 3.77 Å². The van der Waals surface area contributed by atoms with Crippen LogP contribution in [0.25, 0.3) is 0 Å². The fraction of sp³-hybridized carbons (Fsp3) is 0.286. The highest BCUT2D eigenvalue weighted by molar-refractivity contribution is 14.1. The summed E-state index contributed by atoms with van der Waals surface area (Å²) in [6.07, 6.45) is 0.234. The van der Waals surface area contributed by atoms with Crippen LogP contribution in [-0.2, 0) is 11.2 Å². The van der Waals surface area contributed by atoms with Crippen molar-refractivity contribution in [3.05, 3.63) is 21.7 Å². The van der Waals surface area contributed by atoms with Crippen molar-refractivity contribution in [2.24, 2.45) is 5.73 Å². The molecule has 5 heteroatoms. The second kappa shape index (κ2) is 3.90. The van der Waals surface area contributed by atoms with E-state index in [2.05, 4.69) is 0 Å². The standard InChI is InChI=1S/C7H8INO3/c8-6-2-1-4(12-6)3-5(9)7(10)11/h1-2,5H,3,9H2,(H,10,11). The first-order valence-electron chi connectivity index (χ1n) is 3.32. The summed E-state index contributed by atoms with van der Waals surface area (Å²) < 4.78 is 5.88. The molecule has 1 aromatic heterocycles. The smallest absolute Gasteiger partial charge is 0.320 e. The Balaban J connectivity index is 2.58. The van der Waals surface area contributed by atoms with E-state index in [1.54, 1.807) is 12.1 Å². The minimum absolute atomic E-state index is 0.234. The summed E-state index contributed by atoms with van der Waals surface area (Å²) in [6, 6.07) is 2.61. The van der Waals surface area contributed by atoms with Gasteiger partial charge in [-0.25, -0.2) is 0 Å². The van der Waals surface area contributed by atoms with Crippen LogP contribution in [0.2, 0.25) is 0 Å². The maximum absolute atomic E-state index is 10.3. The molecule has 0 aromatic carbocycles. The first-order valence-corrected chi connectivity index (χ1v) is 4.40. The highest BCUT2D eigenvalue weighted by atomic mass is 127. The van der Waals surface area contributed by atoms with Crippen LogP contribution in [-0.4, -0.2) is 17.1 Å². The topological polar surface area (TPSA) is 76.5 Å². The minimum atomic E-state index is -1.01. The van der Waals surface area contributed by atoms with Crippen molar-refractivity contribution in [2.75, 3.05) is 0 Å². The highest BCUT2D eigenvalue weighted by Crippen LogP contribution is 2.11. The molecule has 0 fully saturated rings. The van der Waals surface area contributed by atoms with Crippen molar-refractivity contribution in [2.45, 2.75) is 12.5 Å². The number of rotatable bonds is 3. The second-order valence-corrected chi connectivity index (χ2v) is 3.42. The lowest BCUT2D eigenvalue weighted by Crippen LogP contribution is -2.32. The maximum atomic E-state index is 10.3. The molecule has 1 aromatic rings. The van der Waals surface area contributed by atoms with Gasteiger partial charge in [-0.3, -0.25) is 4.79 Å². The largest absolute Gasteiger partial charge is 0.480 e. The first kappa shape index (κ1) is 9.53. The van der Waals surface area contributed by atoms with Crippen LogP contribution in [0.1, 0.15) is 5.76 Å². The fourth-order valence-electron chi connectivity index (χ4n) is 0.766. The first-order chi connectivity index (χ1) is 5.59. The summed E-state index contributed by atoms with van der Waals surface area (Å²) >= 11 is 2.01. The van der Waals surface area contributed by atoms with Gasteiger partial charge in [0.05, 0.1) is 0 Å². The van der Waals surface area contributed by atoms with Gasteiger partial charge in [-0.15, -0.1) is 0 Å². The van der Waals surface area contributed by atoms with Crippen molar-refractivity contribution >= 4 is 28.6 Å². The van der Waals surface area contributed by atoms with Crippen LogP contribution in [0.3, 0.4) is 0 Å². The quantitative estimate of drug-likeness (QED) is 0.805. The number of carboxylic acids is 1. The molecule has 1 heterocycles. The molecule has 0 amide bonds. The lowest BCUT2D eigenvalue weighted by molar-refractivity contribution is -0.138. The van der Waals surface area contributed by atoms with Crippen LogP contribution in [0.5, 0.6) is 0 Å². The average Bonchev–Trinajstić information content (AvgIpc) is 2.35. The molecule has 1 atom stereocenters. The third-order valence-electron chi connectivity index (χ3n) is 1.37. The van der Waals surface area contributed by atoms with Crippen LogP contribution in [0.15, 0.2) is 16.5 Å². The van der Waals surface area contributed by atoms with Crippen molar-refractivity contribution in [1.82, 2.24) is 0 Å². The predicted octanol–water partition coefficient (Wildman–Crippen LogP) is 0.839. The van der Waals surface area contributed by atoms with Gasteiger partial charge in [0.2, 0.25) is 0 Å².